The number of rotatable bonds is 6. The number of amides is 1. The highest BCUT2D eigenvalue weighted by atomic mass is 19.3. The Morgan fingerprint density at radius 3 is 2.64 bits per heavy atom. The Hall–Kier alpha value is -1.69. The van der Waals surface area contributed by atoms with Gasteiger partial charge in [0.05, 0.1) is 6.04 Å². The first kappa shape index (κ1) is 16.7. The van der Waals surface area contributed by atoms with E-state index in [9.17, 15) is 13.6 Å². The van der Waals surface area contributed by atoms with E-state index in [1.165, 1.54) is 12.1 Å². The molecule has 0 aliphatic heterocycles. The minimum Gasteiger partial charge on any atom is -0.435 e. The maximum absolute atomic E-state index is 12.3. The smallest absolute Gasteiger partial charge is 0.387 e. The van der Waals surface area contributed by atoms with Crippen molar-refractivity contribution in [3.05, 3.63) is 29.8 Å². The maximum atomic E-state index is 12.3. The molecule has 0 radical (unpaired) electrons. The third kappa shape index (κ3) is 4.16. The quantitative estimate of drug-likeness (QED) is 0.849. The molecule has 1 saturated carbocycles. The van der Waals surface area contributed by atoms with Crippen molar-refractivity contribution in [1.29, 1.82) is 0 Å². The third-order valence-corrected chi connectivity index (χ3v) is 4.26. The van der Waals surface area contributed by atoms with E-state index in [4.69, 9.17) is 5.73 Å². The van der Waals surface area contributed by atoms with Crippen LogP contribution in [-0.2, 0) is 4.79 Å². The van der Waals surface area contributed by atoms with E-state index < -0.39 is 6.61 Å². The molecule has 0 aromatic heterocycles. The van der Waals surface area contributed by atoms with E-state index in [0.717, 1.165) is 24.8 Å². The van der Waals surface area contributed by atoms with Gasteiger partial charge in [-0.05, 0) is 49.9 Å². The largest absolute Gasteiger partial charge is 0.435 e. The number of benzene rings is 1. The lowest BCUT2D eigenvalue weighted by Gasteiger charge is -2.21. The van der Waals surface area contributed by atoms with Gasteiger partial charge in [-0.3, -0.25) is 4.79 Å². The van der Waals surface area contributed by atoms with E-state index >= 15 is 0 Å². The zero-order valence-electron chi connectivity index (χ0n) is 12.6. The van der Waals surface area contributed by atoms with Gasteiger partial charge in [0.2, 0.25) is 5.91 Å². The fourth-order valence-corrected chi connectivity index (χ4v) is 3.01. The van der Waals surface area contributed by atoms with Crippen LogP contribution in [-0.4, -0.2) is 19.1 Å². The van der Waals surface area contributed by atoms with Crippen molar-refractivity contribution in [2.45, 2.75) is 38.8 Å². The molecule has 0 heterocycles. The van der Waals surface area contributed by atoms with Crippen molar-refractivity contribution in [2.24, 2.45) is 17.6 Å². The van der Waals surface area contributed by atoms with Gasteiger partial charge < -0.3 is 15.8 Å². The maximum Gasteiger partial charge on any atom is 0.387 e. The predicted octanol–water partition coefficient (Wildman–Crippen LogP) is 2.84. The van der Waals surface area contributed by atoms with Gasteiger partial charge in [-0.1, -0.05) is 18.6 Å². The molecule has 0 bridgehead atoms. The van der Waals surface area contributed by atoms with Gasteiger partial charge in [-0.25, -0.2) is 0 Å². The van der Waals surface area contributed by atoms with Crippen molar-refractivity contribution < 1.29 is 18.3 Å². The zero-order valence-corrected chi connectivity index (χ0v) is 12.6. The first-order valence-electron chi connectivity index (χ1n) is 7.56. The first-order chi connectivity index (χ1) is 10.5. The van der Waals surface area contributed by atoms with Crippen molar-refractivity contribution in [2.75, 3.05) is 6.54 Å². The summed E-state index contributed by atoms with van der Waals surface area (Å²) >= 11 is 0. The van der Waals surface area contributed by atoms with Crippen LogP contribution in [0.2, 0.25) is 0 Å². The molecule has 122 valence electrons. The number of carbonyl (C=O) groups excluding carboxylic acids is 1. The Balaban J connectivity index is 1.93. The second-order valence-corrected chi connectivity index (χ2v) is 5.71. The second kappa shape index (κ2) is 7.54. The lowest BCUT2D eigenvalue weighted by atomic mass is 9.94. The predicted molar refractivity (Wildman–Crippen MR) is 79.5 cm³/mol. The van der Waals surface area contributed by atoms with E-state index in [0.29, 0.717) is 6.54 Å². The molecule has 0 saturated heterocycles. The summed E-state index contributed by atoms with van der Waals surface area (Å²) in [5.74, 6) is 0.368. The van der Waals surface area contributed by atoms with Crippen molar-refractivity contribution >= 4 is 5.91 Å². The highest BCUT2D eigenvalue weighted by Gasteiger charge is 2.32. The number of carbonyl (C=O) groups is 1. The highest BCUT2D eigenvalue weighted by molar-refractivity contribution is 5.79. The fraction of sp³-hybridized carbons (Fsp3) is 0.562. The van der Waals surface area contributed by atoms with Crippen LogP contribution in [0.15, 0.2) is 24.3 Å². The highest BCUT2D eigenvalue weighted by Crippen LogP contribution is 2.31. The van der Waals surface area contributed by atoms with Gasteiger partial charge in [0.15, 0.2) is 0 Å². The number of nitrogens with two attached hydrogens (primary N) is 1. The minimum absolute atomic E-state index is 0.0195. The Morgan fingerprint density at radius 2 is 2.05 bits per heavy atom. The molecule has 6 heteroatoms. The summed E-state index contributed by atoms with van der Waals surface area (Å²) in [5, 5.41) is 2.98. The molecule has 1 fully saturated rings. The van der Waals surface area contributed by atoms with Crippen LogP contribution in [0.3, 0.4) is 0 Å². The summed E-state index contributed by atoms with van der Waals surface area (Å²) in [7, 11) is 0. The molecular formula is C16H22F2N2O2. The van der Waals surface area contributed by atoms with Crippen molar-refractivity contribution in [3.8, 4) is 5.75 Å². The normalized spacial score (nSPS) is 22.6. The molecule has 1 unspecified atom stereocenters. The summed E-state index contributed by atoms with van der Waals surface area (Å²) in [5.41, 5.74) is 6.55. The first-order valence-corrected chi connectivity index (χ1v) is 7.56. The van der Waals surface area contributed by atoms with Crippen LogP contribution in [0.1, 0.15) is 37.8 Å². The van der Waals surface area contributed by atoms with Crippen LogP contribution in [0.25, 0.3) is 0 Å². The SMILES string of the molecule is CC(NC(=O)[C@@H]1CCC[C@@H]1CN)c1ccc(OC(F)F)cc1. The molecule has 1 aromatic rings. The van der Waals surface area contributed by atoms with Crippen molar-refractivity contribution in [3.63, 3.8) is 0 Å². The van der Waals surface area contributed by atoms with Crippen LogP contribution in [0.4, 0.5) is 8.78 Å². The molecule has 1 aliphatic rings. The van der Waals surface area contributed by atoms with Gasteiger partial charge in [0, 0.05) is 5.92 Å². The lowest BCUT2D eigenvalue weighted by Crippen LogP contribution is -2.36. The summed E-state index contributed by atoms with van der Waals surface area (Å²) in [6.45, 7) is -0.432. The number of hydrogen-bond donors (Lipinski definition) is 2. The fourth-order valence-electron chi connectivity index (χ4n) is 3.01. The molecule has 1 aromatic carbocycles. The van der Waals surface area contributed by atoms with Crippen LogP contribution < -0.4 is 15.8 Å². The number of ether oxygens (including phenoxy) is 1. The number of alkyl halides is 2. The Bertz CT molecular complexity index is 493. The molecule has 2 rings (SSSR count). The molecule has 4 nitrogen and oxygen atoms in total. The molecule has 3 atom stereocenters. The average Bonchev–Trinajstić information content (AvgIpc) is 2.95. The summed E-state index contributed by atoms with van der Waals surface area (Å²) < 4.78 is 28.5. The number of halogens is 2. The van der Waals surface area contributed by atoms with E-state index in [2.05, 4.69) is 10.1 Å². The van der Waals surface area contributed by atoms with Gasteiger partial charge in [0.25, 0.3) is 0 Å². The molecular weight excluding hydrogens is 290 g/mol. The Labute approximate surface area is 129 Å². The van der Waals surface area contributed by atoms with E-state index in [-0.39, 0.29) is 29.5 Å². The zero-order chi connectivity index (χ0) is 16.1. The van der Waals surface area contributed by atoms with Crippen molar-refractivity contribution in [1.82, 2.24) is 5.32 Å². The van der Waals surface area contributed by atoms with Gasteiger partial charge in [-0.2, -0.15) is 8.78 Å². The average molecular weight is 312 g/mol. The Kier molecular flexibility index (Phi) is 5.71. The minimum atomic E-state index is -2.83. The molecule has 1 aliphatic carbocycles. The number of hydrogen-bond acceptors (Lipinski definition) is 3. The number of nitrogens with one attached hydrogen (secondary N) is 1. The third-order valence-electron chi connectivity index (χ3n) is 4.26. The molecule has 0 spiro atoms. The van der Waals surface area contributed by atoms with Crippen LogP contribution in [0.5, 0.6) is 5.75 Å². The van der Waals surface area contributed by atoms with E-state index in [1.54, 1.807) is 12.1 Å². The standard InChI is InChI=1S/C16H22F2N2O2/c1-10(11-5-7-13(8-6-11)22-16(17)18)20-15(21)14-4-2-3-12(14)9-19/h5-8,10,12,14,16H,2-4,9,19H2,1H3,(H,20,21)/t10?,12-,14-/m1/s1. The molecule has 1 amide bonds. The topological polar surface area (TPSA) is 64.4 Å². The molecule has 22 heavy (non-hydrogen) atoms. The van der Waals surface area contributed by atoms with E-state index in [1.807, 2.05) is 6.92 Å². The molecule has 3 N–H and O–H groups in total. The van der Waals surface area contributed by atoms with Gasteiger partial charge >= 0.3 is 6.61 Å². The van der Waals surface area contributed by atoms with Crippen LogP contribution in [0, 0.1) is 11.8 Å². The van der Waals surface area contributed by atoms with Gasteiger partial charge in [0.1, 0.15) is 5.75 Å². The summed E-state index contributed by atoms with van der Waals surface area (Å²) in [6, 6.07) is 6.12. The Morgan fingerprint density at radius 1 is 1.36 bits per heavy atom. The monoisotopic (exact) mass is 312 g/mol. The lowest BCUT2D eigenvalue weighted by molar-refractivity contribution is -0.126. The van der Waals surface area contributed by atoms with Gasteiger partial charge in [-0.15, -0.1) is 0 Å². The summed E-state index contributed by atoms with van der Waals surface area (Å²) in [6.07, 6.45) is 2.91. The second-order valence-electron chi connectivity index (χ2n) is 5.71. The summed E-state index contributed by atoms with van der Waals surface area (Å²) in [4.78, 5) is 12.3. The van der Waals surface area contributed by atoms with Crippen LogP contribution >= 0.6 is 0 Å².